The van der Waals surface area contributed by atoms with E-state index >= 15 is 0 Å². The maximum Gasteiger partial charge on any atom is 0.253 e. The van der Waals surface area contributed by atoms with Crippen molar-refractivity contribution in [1.29, 1.82) is 0 Å². The fourth-order valence-corrected chi connectivity index (χ4v) is 3.80. The van der Waals surface area contributed by atoms with E-state index in [1.807, 2.05) is 6.92 Å². The largest absolute Gasteiger partial charge is 0.508 e. The minimum absolute atomic E-state index is 0.145. The van der Waals surface area contributed by atoms with Crippen LogP contribution in [0.3, 0.4) is 0 Å². The Bertz CT molecular complexity index is 1070. The van der Waals surface area contributed by atoms with Gasteiger partial charge in [0.25, 0.3) is 5.91 Å². The summed E-state index contributed by atoms with van der Waals surface area (Å²) in [7, 11) is 0. The molecule has 0 radical (unpaired) electrons. The lowest BCUT2D eigenvalue weighted by Crippen LogP contribution is -2.20. The zero-order chi connectivity index (χ0) is 19.3. The molecule has 1 amide bonds. The number of aryl methyl sites for hydroxylation is 1. The van der Waals surface area contributed by atoms with Crippen LogP contribution in [0.1, 0.15) is 34.3 Å². The summed E-state index contributed by atoms with van der Waals surface area (Å²) < 4.78 is 1.70. The molecule has 0 saturated carbocycles. The average Bonchev–Trinajstić information content (AvgIpc) is 3.25. The second-order valence-electron chi connectivity index (χ2n) is 6.94. The molecule has 5 N–H and O–H groups in total. The van der Waals surface area contributed by atoms with Crippen LogP contribution in [-0.4, -0.2) is 38.6 Å². The van der Waals surface area contributed by atoms with E-state index < -0.39 is 5.91 Å². The van der Waals surface area contributed by atoms with Gasteiger partial charge in [0, 0.05) is 24.8 Å². The molecule has 3 aromatic rings. The van der Waals surface area contributed by atoms with Crippen LogP contribution in [0.25, 0.3) is 16.7 Å². The van der Waals surface area contributed by atoms with Crippen molar-refractivity contribution in [1.82, 2.24) is 14.5 Å². The number of carbonyl (C=O) groups is 1. The van der Waals surface area contributed by atoms with Crippen molar-refractivity contribution in [2.75, 3.05) is 23.7 Å². The number of fused-ring (bicyclic) bond motifs is 1. The number of benzene rings is 1. The highest BCUT2D eigenvalue weighted by Gasteiger charge is 2.25. The van der Waals surface area contributed by atoms with Crippen LogP contribution in [0.2, 0.25) is 0 Å². The van der Waals surface area contributed by atoms with Crippen molar-refractivity contribution in [3.05, 3.63) is 35.0 Å². The van der Waals surface area contributed by atoms with Crippen LogP contribution in [0.15, 0.2) is 18.3 Å². The van der Waals surface area contributed by atoms with Crippen LogP contribution in [0, 0.1) is 13.8 Å². The molecule has 0 unspecified atom stereocenters. The quantitative estimate of drug-likeness (QED) is 0.652. The Balaban J connectivity index is 2.07. The van der Waals surface area contributed by atoms with Crippen molar-refractivity contribution < 1.29 is 9.90 Å². The fraction of sp³-hybridized carbons (Fsp3) is 0.316. The molecule has 3 heterocycles. The molecule has 27 heavy (non-hydrogen) atoms. The number of rotatable bonds is 3. The first-order valence-corrected chi connectivity index (χ1v) is 8.91. The van der Waals surface area contributed by atoms with E-state index in [-0.39, 0.29) is 17.1 Å². The Labute approximate surface area is 156 Å². The molecule has 8 heteroatoms. The van der Waals surface area contributed by atoms with Gasteiger partial charge in [-0.25, -0.2) is 4.98 Å². The molecule has 0 atom stereocenters. The van der Waals surface area contributed by atoms with Crippen LogP contribution in [0.4, 0.5) is 11.8 Å². The van der Waals surface area contributed by atoms with E-state index in [0.29, 0.717) is 28.2 Å². The molecule has 2 aromatic heterocycles. The van der Waals surface area contributed by atoms with Gasteiger partial charge in [-0.2, -0.15) is 4.98 Å². The van der Waals surface area contributed by atoms with Gasteiger partial charge in [0.1, 0.15) is 11.6 Å². The second kappa shape index (κ2) is 6.15. The number of primary amides is 1. The SMILES string of the molecule is Cc1ccc(O)c(C)c1-n1c(N)c(C(N)=O)c2cnc(N3CCCC3)nc21. The summed E-state index contributed by atoms with van der Waals surface area (Å²) in [6.45, 7) is 5.51. The lowest BCUT2D eigenvalue weighted by molar-refractivity contribution is 0.100. The lowest BCUT2D eigenvalue weighted by atomic mass is 10.1. The molecule has 140 valence electrons. The number of phenols is 1. The number of phenolic OH excluding ortho intramolecular Hbond substituents is 1. The Hall–Kier alpha value is -3.29. The molecule has 4 rings (SSSR count). The molecule has 0 aliphatic carbocycles. The third-order valence-electron chi connectivity index (χ3n) is 5.20. The predicted octanol–water partition coefficient (Wildman–Crippen LogP) is 2.02. The van der Waals surface area contributed by atoms with Crippen molar-refractivity contribution in [2.45, 2.75) is 26.7 Å². The first-order chi connectivity index (χ1) is 12.9. The maximum absolute atomic E-state index is 12.1. The predicted molar refractivity (Wildman–Crippen MR) is 104 cm³/mol. The van der Waals surface area contributed by atoms with E-state index in [2.05, 4.69) is 9.88 Å². The van der Waals surface area contributed by atoms with E-state index in [9.17, 15) is 9.90 Å². The Morgan fingerprint density at radius 1 is 1.22 bits per heavy atom. The highest BCUT2D eigenvalue weighted by molar-refractivity contribution is 6.10. The van der Waals surface area contributed by atoms with Crippen molar-refractivity contribution in [3.63, 3.8) is 0 Å². The Morgan fingerprint density at radius 2 is 1.93 bits per heavy atom. The number of aromatic nitrogens is 3. The van der Waals surface area contributed by atoms with Gasteiger partial charge in [-0.1, -0.05) is 6.07 Å². The van der Waals surface area contributed by atoms with E-state index in [4.69, 9.17) is 16.5 Å². The van der Waals surface area contributed by atoms with E-state index in [0.717, 1.165) is 31.5 Å². The lowest BCUT2D eigenvalue weighted by Gasteiger charge is -2.17. The Kier molecular flexibility index (Phi) is 3.91. The number of nitrogens with two attached hydrogens (primary N) is 2. The number of hydrogen-bond acceptors (Lipinski definition) is 6. The zero-order valence-corrected chi connectivity index (χ0v) is 15.4. The molecule has 1 aliphatic heterocycles. The van der Waals surface area contributed by atoms with Gasteiger partial charge >= 0.3 is 0 Å². The van der Waals surface area contributed by atoms with Crippen molar-refractivity contribution >= 4 is 28.7 Å². The summed E-state index contributed by atoms with van der Waals surface area (Å²) in [5, 5.41) is 10.7. The summed E-state index contributed by atoms with van der Waals surface area (Å²) in [5.74, 6) is 0.308. The van der Waals surface area contributed by atoms with E-state index in [1.54, 1.807) is 29.8 Å². The van der Waals surface area contributed by atoms with E-state index in [1.165, 1.54) is 0 Å². The molecule has 0 bridgehead atoms. The van der Waals surface area contributed by atoms with Gasteiger partial charge in [0.05, 0.1) is 16.6 Å². The van der Waals surface area contributed by atoms with Gasteiger partial charge in [0.15, 0.2) is 5.65 Å². The standard InChI is InChI=1S/C19H22N6O2/c1-10-5-6-13(26)11(2)15(10)25-16(20)14(17(21)27)12-9-22-19(23-18(12)25)24-7-3-4-8-24/h5-6,9,26H,3-4,7-8,20H2,1-2H3,(H2,21,27). The minimum Gasteiger partial charge on any atom is -0.508 e. The van der Waals surface area contributed by atoms with Gasteiger partial charge in [-0.3, -0.25) is 9.36 Å². The Morgan fingerprint density at radius 3 is 2.59 bits per heavy atom. The van der Waals surface area contributed by atoms with Crippen LogP contribution < -0.4 is 16.4 Å². The summed E-state index contributed by atoms with van der Waals surface area (Å²) in [4.78, 5) is 23.3. The number of carbonyl (C=O) groups excluding carboxylic acids is 1. The number of nitrogen functional groups attached to an aromatic ring is 1. The molecule has 1 aromatic carbocycles. The minimum atomic E-state index is -0.635. The molecule has 1 fully saturated rings. The topological polar surface area (TPSA) is 123 Å². The zero-order valence-electron chi connectivity index (χ0n) is 15.4. The number of nitrogens with zero attached hydrogens (tertiary/aromatic N) is 4. The molecule has 1 aliphatic rings. The highest BCUT2D eigenvalue weighted by atomic mass is 16.3. The monoisotopic (exact) mass is 366 g/mol. The highest BCUT2D eigenvalue weighted by Crippen LogP contribution is 2.36. The van der Waals surface area contributed by atoms with Crippen molar-refractivity contribution in [3.8, 4) is 11.4 Å². The summed E-state index contributed by atoms with van der Waals surface area (Å²) in [5.41, 5.74) is 14.9. The summed E-state index contributed by atoms with van der Waals surface area (Å²) >= 11 is 0. The van der Waals surface area contributed by atoms with Crippen LogP contribution >= 0.6 is 0 Å². The third kappa shape index (κ3) is 2.56. The summed E-state index contributed by atoms with van der Waals surface area (Å²) in [6.07, 6.45) is 3.81. The number of anilines is 2. The second-order valence-corrected chi connectivity index (χ2v) is 6.94. The molecule has 0 spiro atoms. The first kappa shape index (κ1) is 17.1. The summed E-state index contributed by atoms with van der Waals surface area (Å²) in [6, 6.07) is 3.44. The van der Waals surface area contributed by atoms with Crippen molar-refractivity contribution in [2.24, 2.45) is 5.73 Å². The number of hydrogen-bond donors (Lipinski definition) is 3. The molecular weight excluding hydrogens is 344 g/mol. The number of aromatic hydroxyl groups is 1. The van der Waals surface area contributed by atoms with Gasteiger partial charge < -0.3 is 21.5 Å². The molecule has 8 nitrogen and oxygen atoms in total. The molecular formula is C19H22N6O2. The smallest absolute Gasteiger partial charge is 0.253 e. The van der Waals surface area contributed by atoms with Crippen LogP contribution in [0.5, 0.6) is 5.75 Å². The average molecular weight is 366 g/mol. The van der Waals surface area contributed by atoms with Gasteiger partial charge in [0.2, 0.25) is 5.95 Å². The first-order valence-electron chi connectivity index (χ1n) is 8.91. The van der Waals surface area contributed by atoms with Gasteiger partial charge in [-0.15, -0.1) is 0 Å². The third-order valence-corrected chi connectivity index (χ3v) is 5.20. The van der Waals surface area contributed by atoms with Crippen LogP contribution in [-0.2, 0) is 0 Å². The van der Waals surface area contributed by atoms with Gasteiger partial charge in [-0.05, 0) is 38.3 Å². The normalized spacial score (nSPS) is 14.2. The number of amides is 1. The maximum atomic E-state index is 12.1. The molecule has 1 saturated heterocycles. The fourth-order valence-electron chi connectivity index (χ4n) is 3.80.